The van der Waals surface area contributed by atoms with Gasteiger partial charge in [-0.2, -0.15) is 0 Å². The van der Waals surface area contributed by atoms with Gasteiger partial charge in [0.2, 0.25) is 0 Å². The van der Waals surface area contributed by atoms with Gasteiger partial charge in [-0.15, -0.1) is 0 Å². The van der Waals surface area contributed by atoms with Crippen molar-refractivity contribution in [3.63, 3.8) is 0 Å². The van der Waals surface area contributed by atoms with Crippen LogP contribution in [-0.2, 0) is 9.59 Å². The van der Waals surface area contributed by atoms with E-state index in [0.717, 1.165) is 51.4 Å². The lowest BCUT2D eigenvalue weighted by Crippen LogP contribution is -2.41. The molecule has 0 spiro atoms. The number of nitrogens with one attached hydrogen (secondary N) is 4. The van der Waals surface area contributed by atoms with Crippen molar-refractivity contribution in [2.24, 2.45) is 0 Å². The topological polar surface area (TPSA) is 116 Å². The predicted molar refractivity (Wildman–Crippen MR) is 180 cm³/mol. The van der Waals surface area contributed by atoms with E-state index >= 15 is 0 Å². The lowest BCUT2D eigenvalue weighted by Gasteiger charge is -2.23. The van der Waals surface area contributed by atoms with E-state index in [9.17, 15) is 19.2 Å². The number of benzene rings is 3. The fourth-order valence-electron chi connectivity index (χ4n) is 5.93. The fraction of sp³-hybridized carbons (Fsp3) is 0.316. The predicted octanol–water partition coefficient (Wildman–Crippen LogP) is 6.13. The maximum atomic E-state index is 13.4. The van der Waals surface area contributed by atoms with Gasteiger partial charge in [-0.3, -0.25) is 19.2 Å². The molecule has 8 nitrogen and oxygen atoms in total. The Hall–Kier alpha value is -4.98. The Morgan fingerprint density at radius 3 is 1.17 bits per heavy atom. The third-order valence-corrected chi connectivity index (χ3v) is 8.50. The number of hydrogen-bond acceptors (Lipinski definition) is 4. The Balaban J connectivity index is 1.37. The molecule has 8 heteroatoms. The van der Waals surface area contributed by atoms with Crippen LogP contribution in [-0.4, -0.2) is 35.7 Å². The Morgan fingerprint density at radius 2 is 0.826 bits per heavy atom. The number of carbonyl (C=O) groups is 4. The molecule has 46 heavy (non-hydrogen) atoms. The van der Waals surface area contributed by atoms with Crippen molar-refractivity contribution in [1.29, 1.82) is 0 Å². The van der Waals surface area contributed by atoms with Crippen molar-refractivity contribution in [1.82, 2.24) is 21.3 Å². The first-order valence-corrected chi connectivity index (χ1v) is 16.3. The van der Waals surface area contributed by atoms with Crippen LogP contribution in [0.1, 0.15) is 96.1 Å². The first-order chi connectivity index (χ1) is 22.4. The monoisotopic (exact) mass is 618 g/mol. The molecule has 2 fully saturated rings. The van der Waals surface area contributed by atoms with Crippen LogP contribution in [0.2, 0.25) is 0 Å². The Bertz CT molecular complexity index is 1430. The van der Waals surface area contributed by atoms with Gasteiger partial charge in [0.25, 0.3) is 23.6 Å². The molecule has 0 bridgehead atoms. The summed E-state index contributed by atoms with van der Waals surface area (Å²) in [6, 6.07) is 25.0. The van der Waals surface area contributed by atoms with Crippen LogP contribution < -0.4 is 21.3 Å². The van der Waals surface area contributed by atoms with Crippen molar-refractivity contribution in [2.75, 3.05) is 0 Å². The van der Waals surface area contributed by atoms with Gasteiger partial charge >= 0.3 is 0 Å². The van der Waals surface area contributed by atoms with E-state index in [-0.39, 0.29) is 47.1 Å². The summed E-state index contributed by atoms with van der Waals surface area (Å²) >= 11 is 0. The van der Waals surface area contributed by atoms with E-state index in [4.69, 9.17) is 0 Å². The van der Waals surface area contributed by atoms with Gasteiger partial charge in [0.05, 0.1) is 0 Å². The molecule has 2 saturated carbocycles. The third-order valence-electron chi connectivity index (χ3n) is 8.50. The van der Waals surface area contributed by atoms with Crippen LogP contribution in [0.25, 0.3) is 12.2 Å². The summed E-state index contributed by atoms with van der Waals surface area (Å²) in [7, 11) is 0. The molecule has 0 radical (unpaired) electrons. The highest BCUT2D eigenvalue weighted by molar-refractivity contribution is 6.06. The zero-order valence-corrected chi connectivity index (χ0v) is 26.1. The van der Waals surface area contributed by atoms with Crippen molar-refractivity contribution in [3.05, 3.63) is 119 Å². The highest BCUT2D eigenvalue weighted by Gasteiger charge is 2.22. The van der Waals surface area contributed by atoms with E-state index in [0.29, 0.717) is 22.3 Å². The van der Waals surface area contributed by atoms with E-state index in [1.807, 2.05) is 36.4 Å². The maximum Gasteiger partial charge on any atom is 0.268 e. The summed E-state index contributed by atoms with van der Waals surface area (Å²) in [4.78, 5) is 52.7. The van der Waals surface area contributed by atoms with E-state index in [1.165, 1.54) is 12.8 Å². The van der Waals surface area contributed by atoms with Gasteiger partial charge in [0.1, 0.15) is 11.4 Å². The van der Waals surface area contributed by atoms with Gasteiger partial charge < -0.3 is 21.3 Å². The first-order valence-electron chi connectivity index (χ1n) is 16.3. The number of rotatable bonds is 10. The summed E-state index contributed by atoms with van der Waals surface area (Å²) < 4.78 is 0. The minimum absolute atomic E-state index is 0.0788. The van der Waals surface area contributed by atoms with Crippen LogP contribution in [0.15, 0.2) is 96.3 Å². The summed E-state index contributed by atoms with van der Waals surface area (Å²) in [6.07, 6.45) is 13.6. The molecule has 0 atom stereocenters. The molecule has 0 aliphatic heterocycles. The minimum atomic E-state index is -0.368. The molecule has 238 valence electrons. The van der Waals surface area contributed by atoms with Gasteiger partial charge in [-0.05, 0) is 73.2 Å². The fourth-order valence-corrected chi connectivity index (χ4v) is 5.93. The van der Waals surface area contributed by atoms with E-state index < -0.39 is 0 Å². The molecule has 0 saturated heterocycles. The smallest absolute Gasteiger partial charge is 0.268 e. The Morgan fingerprint density at radius 1 is 0.478 bits per heavy atom. The van der Waals surface area contributed by atoms with Crippen LogP contribution in [0.3, 0.4) is 0 Å². The largest absolute Gasteiger partial charge is 0.348 e. The lowest BCUT2D eigenvalue weighted by atomic mass is 9.95. The average Bonchev–Trinajstić information content (AvgIpc) is 3.10. The molecule has 2 aliphatic carbocycles. The van der Waals surface area contributed by atoms with Gasteiger partial charge in [-0.25, -0.2) is 0 Å². The first kappa shape index (κ1) is 32.4. The van der Waals surface area contributed by atoms with E-state index in [2.05, 4.69) is 21.3 Å². The molecule has 3 aromatic carbocycles. The van der Waals surface area contributed by atoms with Gasteiger partial charge in [-0.1, -0.05) is 99.2 Å². The number of hydrogen-bond donors (Lipinski definition) is 4. The Labute approximate surface area is 270 Å². The standard InChI is InChI=1S/C38H42N4O4/c43-35(29-13-5-1-6-14-29)41-33(37(45)39-31-17-9-3-10-18-31)25-27-21-23-28(24-22-27)26-34(38(46)40-32-19-11-4-12-20-32)42-36(44)30-15-7-2-8-16-30/h1-2,5-8,13-16,21-26,31-32H,3-4,9-12,17-20H2,(H,39,45)(H,40,46)(H,41,43)(H,42,44)/b33-25-,34-26+. The van der Waals surface area contributed by atoms with Gasteiger partial charge in [0, 0.05) is 23.2 Å². The molecule has 5 rings (SSSR count). The van der Waals surface area contributed by atoms with Crippen molar-refractivity contribution in [2.45, 2.75) is 76.3 Å². The van der Waals surface area contributed by atoms with E-state index in [1.54, 1.807) is 60.7 Å². The van der Waals surface area contributed by atoms with Crippen LogP contribution >= 0.6 is 0 Å². The zero-order valence-electron chi connectivity index (χ0n) is 26.1. The summed E-state index contributed by atoms with van der Waals surface area (Å²) in [5.74, 6) is -1.39. The second kappa shape index (κ2) is 16.4. The highest BCUT2D eigenvalue weighted by atomic mass is 16.2. The summed E-state index contributed by atoms with van der Waals surface area (Å²) in [5.41, 5.74) is 2.62. The molecule has 4 amide bonds. The second-order valence-corrected chi connectivity index (χ2v) is 12.0. The number of carbonyl (C=O) groups excluding carboxylic acids is 4. The van der Waals surface area contributed by atoms with Crippen LogP contribution in [0.4, 0.5) is 0 Å². The number of amides is 4. The van der Waals surface area contributed by atoms with Crippen molar-refractivity contribution < 1.29 is 19.2 Å². The Kier molecular flexibility index (Phi) is 11.5. The molecule has 4 N–H and O–H groups in total. The van der Waals surface area contributed by atoms with Crippen molar-refractivity contribution in [3.8, 4) is 0 Å². The normalized spacial score (nSPS) is 16.3. The molecule has 0 aromatic heterocycles. The molecule has 2 aliphatic rings. The lowest BCUT2D eigenvalue weighted by molar-refractivity contribution is -0.119. The zero-order chi connectivity index (χ0) is 32.1. The maximum absolute atomic E-state index is 13.4. The van der Waals surface area contributed by atoms with Gasteiger partial charge in [0.15, 0.2) is 0 Å². The molecular formula is C38H42N4O4. The minimum Gasteiger partial charge on any atom is -0.348 e. The van der Waals surface area contributed by atoms with Crippen LogP contribution in [0.5, 0.6) is 0 Å². The van der Waals surface area contributed by atoms with Crippen molar-refractivity contribution >= 4 is 35.8 Å². The second-order valence-electron chi connectivity index (χ2n) is 12.0. The quantitative estimate of drug-likeness (QED) is 0.205. The molecular weight excluding hydrogens is 576 g/mol. The molecule has 3 aromatic rings. The summed E-state index contributed by atoms with van der Waals surface area (Å²) in [6.45, 7) is 0. The summed E-state index contributed by atoms with van der Waals surface area (Å²) in [5, 5.41) is 11.8. The molecule has 0 heterocycles. The SMILES string of the molecule is O=C(NC1CCCCC1)/C(=C/c1ccc(/C=C(/NC(=O)c2ccccc2)C(=O)NC2CCCCC2)cc1)NC(=O)c1ccccc1. The molecule has 0 unspecified atom stereocenters. The average molecular weight is 619 g/mol. The highest BCUT2D eigenvalue weighted by Crippen LogP contribution is 2.20. The van der Waals surface area contributed by atoms with Crippen LogP contribution in [0, 0.1) is 0 Å². The third kappa shape index (κ3) is 9.51.